The maximum absolute atomic E-state index is 4.71. The van der Waals surface area contributed by atoms with Gasteiger partial charge in [-0.05, 0) is 40.3 Å². The van der Waals surface area contributed by atoms with Gasteiger partial charge in [0.25, 0.3) is 0 Å². The predicted molar refractivity (Wildman–Crippen MR) is 82.8 cm³/mol. The molecule has 2 aromatic rings. The molecule has 2 rings (SSSR count). The van der Waals surface area contributed by atoms with Crippen LogP contribution in [0.3, 0.4) is 0 Å². The molecular weight excluding hydrogens is 250 g/mol. The molecule has 2 heterocycles. The third kappa shape index (κ3) is 3.56. The summed E-state index contributed by atoms with van der Waals surface area (Å²) in [5.41, 5.74) is 3.43. The van der Waals surface area contributed by atoms with E-state index < -0.39 is 0 Å². The van der Waals surface area contributed by atoms with Crippen LogP contribution >= 0.6 is 0 Å². The predicted octanol–water partition coefficient (Wildman–Crippen LogP) is 1.05. The van der Waals surface area contributed by atoms with Crippen molar-refractivity contribution in [2.75, 3.05) is 41.3 Å². The molecule has 0 aromatic carbocycles. The molecule has 0 spiro atoms. The Labute approximate surface area is 121 Å². The number of aromatic nitrogens is 2. The van der Waals surface area contributed by atoms with Crippen molar-refractivity contribution in [1.29, 1.82) is 0 Å². The van der Waals surface area contributed by atoms with Gasteiger partial charge in [0, 0.05) is 32.4 Å². The minimum atomic E-state index is 0.804. The van der Waals surface area contributed by atoms with Crippen LogP contribution < -0.4 is 5.32 Å². The number of hydrogen-bond acceptors (Lipinski definition) is 4. The molecule has 110 valence electrons. The molecule has 0 aliphatic carbocycles. The molecule has 0 atom stereocenters. The van der Waals surface area contributed by atoms with E-state index in [1.165, 1.54) is 5.69 Å². The van der Waals surface area contributed by atoms with E-state index in [4.69, 9.17) is 4.98 Å². The number of pyridine rings is 1. The summed E-state index contributed by atoms with van der Waals surface area (Å²) in [4.78, 5) is 9.26. The first-order valence-corrected chi connectivity index (χ1v) is 7.04. The summed E-state index contributed by atoms with van der Waals surface area (Å²) in [6.45, 7) is 3.83. The maximum atomic E-state index is 4.71. The molecule has 0 radical (unpaired) electrons. The van der Waals surface area contributed by atoms with Crippen molar-refractivity contribution < 1.29 is 0 Å². The van der Waals surface area contributed by atoms with E-state index >= 15 is 0 Å². The van der Waals surface area contributed by atoms with Crippen molar-refractivity contribution in [3.63, 3.8) is 0 Å². The molecule has 0 saturated heterocycles. The molecule has 0 aliphatic rings. The van der Waals surface area contributed by atoms with Gasteiger partial charge < -0.3 is 14.6 Å². The van der Waals surface area contributed by atoms with Gasteiger partial charge in [0.1, 0.15) is 5.65 Å². The van der Waals surface area contributed by atoms with Gasteiger partial charge in [-0.15, -0.1) is 0 Å². The van der Waals surface area contributed by atoms with Crippen molar-refractivity contribution in [1.82, 2.24) is 24.5 Å². The van der Waals surface area contributed by atoms with E-state index in [2.05, 4.69) is 59.0 Å². The maximum Gasteiger partial charge on any atom is 0.137 e. The Bertz CT molecular complexity index is 546. The highest BCUT2D eigenvalue weighted by Crippen LogP contribution is 2.14. The van der Waals surface area contributed by atoms with Crippen LogP contribution in [-0.4, -0.2) is 60.5 Å². The monoisotopic (exact) mass is 275 g/mol. The van der Waals surface area contributed by atoms with Gasteiger partial charge in [-0.3, -0.25) is 4.90 Å². The number of hydrogen-bond donors (Lipinski definition) is 1. The number of nitrogens with one attached hydrogen (secondary N) is 1. The molecule has 0 unspecified atom stereocenters. The van der Waals surface area contributed by atoms with E-state index in [-0.39, 0.29) is 0 Å². The lowest BCUT2D eigenvalue weighted by molar-refractivity contribution is 0.272. The Morgan fingerprint density at radius 1 is 1.20 bits per heavy atom. The number of fused-ring (bicyclic) bond motifs is 1. The van der Waals surface area contributed by atoms with Crippen LogP contribution in [-0.2, 0) is 13.1 Å². The highest BCUT2D eigenvalue weighted by Gasteiger charge is 2.13. The molecule has 2 aromatic heterocycles. The zero-order valence-electron chi connectivity index (χ0n) is 12.9. The molecule has 5 heteroatoms. The molecule has 0 aliphatic heterocycles. The Kier molecular flexibility index (Phi) is 5.11. The van der Waals surface area contributed by atoms with Crippen molar-refractivity contribution >= 4 is 5.65 Å². The van der Waals surface area contributed by atoms with E-state index in [0.717, 1.165) is 37.5 Å². The second kappa shape index (κ2) is 6.83. The van der Waals surface area contributed by atoms with Gasteiger partial charge in [0.05, 0.1) is 11.4 Å². The molecule has 0 saturated carbocycles. The van der Waals surface area contributed by atoms with E-state index in [1.807, 2.05) is 13.1 Å². The van der Waals surface area contributed by atoms with Gasteiger partial charge in [0.2, 0.25) is 0 Å². The number of imidazole rings is 1. The van der Waals surface area contributed by atoms with E-state index in [1.54, 1.807) is 0 Å². The van der Waals surface area contributed by atoms with Gasteiger partial charge in [-0.1, -0.05) is 6.07 Å². The van der Waals surface area contributed by atoms with Gasteiger partial charge >= 0.3 is 0 Å². The lowest BCUT2D eigenvalue weighted by atomic mass is 10.3. The third-order valence-corrected chi connectivity index (χ3v) is 3.40. The van der Waals surface area contributed by atoms with E-state index in [9.17, 15) is 0 Å². The lowest BCUT2D eigenvalue weighted by Crippen LogP contribution is -2.29. The fraction of sp³-hybridized carbons (Fsp3) is 0.533. The fourth-order valence-corrected chi connectivity index (χ4v) is 2.28. The first-order valence-electron chi connectivity index (χ1n) is 7.04. The summed E-state index contributed by atoms with van der Waals surface area (Å²) in [6.07, 6.45) is 2.09. The minimum Gasteiger partial charge on any atom is -0.314 e. The zero-order valence-corrected chi connectivity index (χ0v) is 12.9. The SMILES string of the molecule is CNCc1nc2ccccn2c1CN(C)CCN(C)C. The number of nitrogens with zero attached hydrogens (tertiary/aromatic N) is 4. The van der Waals surface area contributed by atoms with E-state index in [0.29, 0.717) is 0 Å². The molecule has 5 nitrogen and oxygen atoms in total. The van der Waals surface area contributed by atoms with Crippen LogP contribution in [0.5, 0.6) is 0 Å². The Hall–Kier alpha value is -1.43. The molecule has 1 N–H and O–H groups in total. The largest absolute Gasteiger partial charge is 0.314 e. The highest BCUT2D eigenvalue weighted by atomic mass is 15.2. The fourth-order valence-electron chi connectivity index (χ4n) is 2.28. The summed E-state index contributed by atoms with van der Waals surface area (Å²) in [5, 5.41) is 3.21. The smallest absolute Gasteiger partial charge is 0.137 e. The van der Waals surface area contributed by atoms with Gasteiger partial charge in [-0.25, -0.2) is 4.98 Å². The average Bonchev–Trinajstić information content (AvgIpc) is 2.75. The quantitative estimate of drug-likeness (QED) is 0.819. The standard InChI is InChI=1S/C15H25N5/c1-16-11-13-14(12-19(4)10-9-18(2)3)20-8-6-5-7-15(20)17-13/h5-8,16H,9-12H2,1-4H3. The summed E-state index contributed by atoms with van der Waals surface area (Å²) in [7, 11) is 8.33. The Morgan fingerprint density at radius 2 is 2.00 bits per heavy atom. The van der Waals surface area contributed by atoms with Crippen LogP contribution in [0.25, 0.3) is 5.65 Å². The summed E-state index contributed by atoms with van der Waals surface area (Å²) in [5.74, 6) is 0. The summed E-state index contributed by atoms with van der Waals surface area (Å²) >= 11 is 0. The zero-order chi connectivity index (χ0) is 14.5. The number of rotatable bonds is 7. The highest BCUT2D eigenvalue weighted by molar-refractivity contribution is 5.43. The lowest BCUT2D eigenvalue weighted by Gasteiger charge is -2.19. The first-order chi connectivity index (χ1) is 9.61. The Balaban J connectivity index is 2.20. The first kappa shape index (κ1) is 15.0. The third-order valence-electron chi connectivity index (χ3n) is 3.40. The van der Waals surface area contributed by atoms with Crippen LogP contribution in [0.4, 0.5) is 0 Å². The topological polar surface area (TPSA) is 35.8 Å². The second-order valence-corrected chi connectivity index (χ2v) is 5.51. The van der Waals surface area contributed by atoms with Gasteiger partial charge in [-0.2, -0.15) is 0 Å². The van der Waals surface area contributed by atoms with Crippen molar-refractivity contribution in [3.8, 4) is 0 Å². The molecule has 20 heavy (non-hydrogen) atoms. The molecule has 0 amide bonds. The Morgan fingerprint density at radius 3 is 2.70 bits per heavy atom. The van der Waals surface area contributed by atoms with Crippen LogP contribution in [0.1, 0.15) is 11.4 Å². The van der Waals surface area contributed by atoms with Crippen LogP contribution in [0, 0.1) is 0 Å². The van der Waals surface area contributed by atoms with Crippen LogP contribution in [0.2, 0.25) is 0 Å². The minimum absolute atomic E-state index is 0.804. The molecule has 0 fully saturated rings. The molecular formula is C15H25N5. The van der Waals surface area contributed by atoms with Crippen molar-refractivity contribution in [3.05, 3.63) is 35.8 Å². The summed E-state index contributed by atoms with van der Waals surface area (Å²) < 4.78 is 2.19. The van der Waals surface area contributed by atoms with Crippen molar-refractivity contribution in [2.45, 2.75) is 13.1 Å². The van der Waals surface area contributed by atoms with Gasteiger partial charge in [0.15, 0.2) is 0 Å². The average molecular weight is 275 g/mol. The van der Waals surface area contributed by atoms with Crippen LogP contribution in [0.15, 0.2) is 24.4 Å². The normalized spacial score (nSPS) is 11.9. The summed E-state index contributed by atoms with van der Waals surface area (Å²) in [6, 6.07) is 6.15. The second-order valence-electron chi connectivity index (χ2n) is 5.51. The molecule has 0 bridgehead atoms. The van der Waals surface area contributed by atoms with Crippen molar-refractivity contribution in [2.24, 2.45) is 0 Å². The number of likely N-dealkylation sites (N-methyl/N-ethyl adjacent to an activating group) is 2.